The van der Waals surface area contributed by atoms with Crippen molar-refractivity contribution >= 4 is 5.82 Å². The molecule has 1 fully saturated rings. The van der Waals surface area contributed by atoms with Crippen LogP contribution in [0, 0.1) is 0 Å². The van der Waals surface area contributed by atoms with Gasteiger partial charge in [-0.25, -0.2) is 15.8 Å². The minimum atomic E-state index is 0.152. The van der Waals surface area contributed by atoms with Crippen LogP contribution in [0.3, 0.4) is 0 Å². The van der Waals surface area contributed by atoms with Crippen LogP contribution >= 0.6 is 0 Å². The van der Waals surface area contributed by atoms with Crippen LogP contribution in [0.4, 0.5) is 5.82 Å². The molecular weight excluding hydrogens is 260 g/mol. The molecule has 0 spiro atoms. The van der Waals surface area contributed by atoms with E-state index in [1.54, 1.807) is 0 Å². The van der Waals surface area contributed by atoms with Crippen molar-refractivity contribution in [2.24, 2.45) is 5.84 Å². The number of nitrogen functional groups attached to an aromatic ring is 1. The fourth-order valence-electron chi connectivity index (χ4n) is 2.38. The second-order valence-electron chi connectivity index (χ2n) is 6.75. The molecule has 0 atom stereocenters. The molecule has 0 radical (unpaired) electrons. The number of nitrogens with one attached hydrogen (secondary N) is 1. The lowest BCUT2D eigenvalue weighted by atomic mass is 9.87. The number of aromatic nitrogens is 2. The highest BCUT2D eigenvalue weighted by molar-refractivity contribution is 5.58. The maximum Gasteiger partial charge on any atom is 0.161 e. The Morgan fingerprint density at radius 3 is 2.29 bits per heavy atom. The van der Waals surface area contributed by atoms with E-state index in [0.717, 1.165) is 17.1 Å². The number of hydrogen-bond donors (Lipinski definition) is 2. The molecule has 1 heterocycles. The first-order valence-corrected chi connectivity index (χ1v) is 7.44. The Hall–Kier alpha value is -1.94. The molecule has 4 heteroatoms. The molecule has 0 unspecified atom stereocenters. The summed E-state index contributed by atoms with van der Waals surface area (Å²) in [5, 5.41) is 0. The van der Waals surface area contributed by atoms with Gasteiger partial charge in [-0.05, 0) is 23.8 Å². The summed E-state index contributed by atoms with van der Waals surface area (Å²) >= 11 is 0. The highest BCUT2D eigenvalue weighted by Crippen LogP contribution is 2.40. The van der Waals surface area contributed by atoms with Crippen molar-refractivity contribution in [3.8, 4) is 11.4 Å². The van der Waals surface area contributed by atoms with Gasteiger partial charge in [-0.2, -0.15) is 0 Å². The van der Waals surface area contributed by atoms with Crippen molar-refractivity contribution in [2.45, 2.75) is 44.9 Å². The fourth-order valence-corrected chi connectivity index (χ4v) is 2.38. The zero-order chi connectivity index (χ0) is 15.0. The molecule has 21 heavy (non-hydrogen) atoms. The Labute approximate surface area is 125 Å². The summed E-state index contributed by atoms with van der Waals surface area (Å²) in [6.07, 6.45) is 2.42. The first-order valence-electron chi connectivity index (χ1n) is 7.44. The molecule has 0 bridgehead atoms. The number of nitrogens with zero attached hydrogens (tertiary/aromatic N) is 2. The van der Waals surface area contributed by atoms with Crippen LogP contribution in [0.5, 0.6) is 0 Å². The molecule has 4 nitrogen and oxygen atoms in total. The van der Waals surface area contributed by atoms with E-state index in [9.17, 15) is 0 Å². The van der Waals surface area contributed by atoms with Crippen LogP contribution in [-0.4, -0.2) is 9.97 Å². The van der Waals surface area contributed by atoms with E-state index in [4.69, 9.17) is 10.8 Å². The molecule has 3 rings (SSSR count). The van der Waals surface area contributed by atoms with Gasteiger partial charge in [0.1, 0.15) is 5.82 Å². The summed E-state index contributed by atoms with van der Waals surface area (Å²) in [6, 6.07) is 10.4. The quantitative estimate of drug-likeness (QED) is 0.667. The molecule has 110 valence electrons. The Bertz CT molecular complexity index is 637. The first kappa shape index (κ1) is 14.0. The average Bonchev–Trinajstić information content (AvgIpc) is 3.30. The Balaban J connectivity index is 1.97. The van der Waals surface area contributed by atoms with Crippen molar-refractivity contribution < 1.29 is 0 Å². The normalized spacial score (nSPS) is 15.0. The summed E-state index contributed by atoms with van der Waals surface area (Å²) in [5.41, 5.74) is 6.22. The zero-order valence-corrected chi connectivity index (χ0v) is 12.9. The molecule has 0 amide bonds. The van der Waals surface area contributed by atoms with Crippen molar-refractivity contribution in [1.29, 1.82) is 0 Å². The van der Waals surface area contributed by atoms with Gasteiger partial charge in [0.05, 0.1) is 0 Å². The Kier molecular flexibility index (Phi) is 3.41. The Morgan fingerprint density at radius 2 is 1.76 bits per heavy atom. The summed E-state index contributed by atoms with van der Waals surface area (Å²) in [6.45, 7) is 6.63. The van der Waals surface area contributed by atoms with Crippen LogP contribution in [0.1, 0.15) is 50.8 Å². The lowest BCUT2D eigenvalue weighted by molar-refractivity contribution is 0.590. The van der Waals surface area contributed by atoms with Gasteiger partial charge in [0, 0.05) is 23.2 Å². The summed E-state index contributed by atoms with van der Waals surface area (Å²) in [7, 11) is 0. The van der Waals surface area contributed by atoms with Gasteiger partial charge >= 0.3 is 0 Å². The lowest BCUT2D eigenvalue weighted by Crippen LogP contribution is -2.11. The minimum absolute atomic E-state index is 0.152. The van der Waals surface area contributed by atoms with Crippen LogP contribution in [0.2, 0.25) is 0 Å². The standard InChI is InChI=1S/C17H22N4/c1-17(2,3)13-8-6-12(7-9-13)16-19-14(11-4-5-11)10-15(20-16)21-18/h6-11H,4-5,18H2,1-3H3,(H,19,20,21). The van der Waals surface area contributed by atoms with Crippen LogP contribution in [0.15, 0.2) is 30.3 Å². The monoisotopic (exact) mass is 282 g/mol. The number of nitrogens with two attached hydrogens (primary N) is 1. The highest BCUT2D eigenvalue weighted by Gasteiger charge is 2.26. The fraction of sp³-hybridized carbons (Fsp3) is 0.412. The van der Waals surface area contributed by atoms with E-state index in [2.05, 4.69) is 55.4 Å². The average molecular weight is 282 g/mol. The van der Waals surface area contributed by atoms with Crippen molar-refractivity contribution in [3.05, 3.63) is 41.6 Å². The van der Waals surface area contributed by atoms with Gasteiger partial charge in [-0.3, -0.25) is 0 Å². The number of benzene rings is 1. The molecule has 1 aromatic carbocycles. The predicted molar refractivity (Wildman–Crippen MR) is 86.0 cm³/mol. The van der Waals surface area contributed by atoms with E-state index in [1.807, 2.05) is 6.07 Å². The number of hydrogen-bond acceptors (Lipinski definition) is 4. The summed E-state index contributed by atoms with van der Waals surface area (Å²) < 4.78 is 0. The van der Waals surface area contributed by atoms with Gasteiger partial charge in [0.25, 0.3) is 0 Å². The number of hydrazine groups is 1. The minimum Gasteiger partial charge on any atom is -0.308 e. The molecule has 0 aliphatic heterocycles. The van der Waals surface area contributed by atoms with Gasteiger partial charge < -0.3 is 5.43 Å². The van der Waals surface area contributed by atoms with E-state index >= 15 is 0 Å². The van der Waals surface area contributed by atoms with E-state index < -0.39 is 0 Å². The molecule has 0 saturated heterocycles. The smallest absolute Gasteiger partial charge is 0.161 e. The molecule has 1 aliphatic rings. The van der Waals surface area contributed by atoms with E-state index in [1.165, 1.54) is 18.4 Å². The highest BCUT2D eigenvalue weighted by atomic mass is 15.3. The largest absolute Gasteiger partial charge is 0.308 e. The maximum atomic E-state index is 5.53. The molecular formula is C17H22N4. The second kappa shape index (κ2) is 5.11. The zero-order valence-electron chi connectivity index (χ0n) is 12.9. The van der Waals surface area contributed by atoms with Crippen LogP contribution in [0.25, 0.3) is 11.4 Å². The van der Waals surface area contributed by atoms with Crippen LogP contribution < -0.4 is 11.3 Å². The van der Waals surface area contributed by atoms with Gasteiger partial charge in [-0.1, -0.05) is 45.0 Å². The molecule has 1 aliphatic carbocycles. The van der Waals surface area contributed by atoms with Crippen molar-refractivity contribution in [1.82, 2.24) is 9.97 Å². The van der Waals surface area contributed by atoms with E-state index in [-0.39, 0.29) is 5.41 Å². The van der Waals surface area contributed by atoms with Gasteiger partial charge in [0.15, 0.2) is 5.82 Å². The third-order valence-corrected chi connectivity index (χ3v) is 3.90. The van der Waals surface area contributed by atoms with Crippen LogP contribution in [-0.2, 0) is 5.41 Å². The van der Waals surface area contributed by atoms with Gasteiger partial charge in [-0.15, -0.1) is 0 Å². The topological polar surface area (TPSA) is 63.8 Å². The third kappa shape index (κ3) is 3.05. The summed E-state index contributed by atoms with van der Waals surface area (Å²) in [4.78, 5) is 9.18. The molecule has 1 aromatic heterocycles. The SMILES string of the molecule is CC(C)(C)c1ccc(-c2nc(NN)cc(C3CC3)n2)cc1. The van der Waals surface area contributed by atoms with E-state index in [0.29, 0.717) is 11.7 Å². The number of rotatable bonds is 3. The number of anilines is 1. The molecule has 3 N–H and O–H groups in total. The molecule has 1 saturated carbocycles. The third-order valence-electron chi connectivity index (χ3n) is 3.90. The Morgan fingerprint density at radius 1 is 1.10 bits per heavy atom. The predicted octanol–water partition coefficient (Wildman–Crippen LogP) is 3.60. The first-order chi connectivity index (χ1) is 9.97. The van der Waals surface area contributed by atoms with Gasteiger partial charge in [0.2, 0.25) is 0 Å². The molecule has 2 aromatic rings. The van der Waals surface area contributed by atoms with Crippen molar-refractivity contribution in [2.75, 3.05) is 5.43 Å². The summed E-state index contributed by atoms with van der Waals surface area (Å²) in [5.74, 6) is 7.53. The maximum absolute atomic E-state index is 5.53. The lowest BCUT2D eigenvalue weighted by Gasteiger charge is -2.19. The second-order valence-corrected chi connectivity index (χ2v) is 6.75. The van der Waals surface area contributed by atoms with Crippen molar-refractivity contribution in [3.63, 3.8) is 0 Å².